The molecule has 4 aromatic heterocycles. The molecule has 7 aromatic carbocycles. The van der Waals surface area contributed by atoms with Gasteiger partial charge in [-0.3, -0.25) is 0 Å². The standard InChI is InChI=1S/C48H28N2S2/c1-2-8-29(9-3-1)41-22-18-30-14-15-31-19-23-42(50-48(31)47(30)49-41)36-25-34(32-16-20-39-37-10-4-6-12-43(37)51-45(39)27-32)24-35(26-36)33-17-21-40-38-11-5-7-13-44(38)52-46(40)28-33/h1-28H. The van der Waals surface area contributed by atoms with Crippen LogP contribution in [-0.4, -0.2) is 9.97 Å². The number of hydrogen-bond donors (Lipinski definition) is 0. The Morgan fingerprint density at radius 2 is 0.731 bits per heavy atom. The van der Waals surface area contributed by atoms with Crippen LogP contribution in [0.1, 0.15) is 0 Å². The Morgan fingerprint density at radius 3 is 1.29 bits per heavy atom. The number of fused-ring (bicyclic) bond motifs is 9. The van der Waals surface area contributed by atoms with Crippen molar-refractivity contribution in [2.45, 2.75) is 0 Å². The van der Waals surface area contributed by atoms with Gasteiger partial charge >= 0.3 is 0 Å². The molecule has 0 unspecified atom stereocenters. The Bertz CT molecular complexity index is 3060. The van der Waals surface area contributed by atoms with Crippen LogP contribution in [-0.2, 0) is 0 Å². The maximum absolute atomic E-state index is 5.38. The van der Waals surface area contributed by atoms with Gasteiger partial charge in [-0.1, -0.05) is 115 Å². The lowest BCUT2D eigenvalue weighted by atomic mass is 9.94. The Morgan fingerprint density at radius 1 is 0.288 bits per heavy atom. The number of nitrogens with zero attached hydrogens (tertiary/aromatic N) is 2. The van der Waals surface area contributed by atoms with E-state index in [1.54, 1.807) is 0 Å². The Labute approximate surface area is 307 Å². The minimum absolute atomic E-state index is 0.915. The van der Waals surface area contributed by atoms with Gasteiger partial charge in [0, 0.05) is 62.2 Å². The van der Waals surface area contributed by atoms with Crippen LogP contribution in [0.2, 0.25) is 0 Å². The molecule has 11 aromatic rings. The third-order valence-corrected chi connectivity index (χ3v) is 12.5. The molecule has 52 heavy (non-hydrogen) atoms. The summed E-state index contributed by atoms with van der Waals surface area (Å²) < 4.78 is 5.23. The van der Waals surface area contributed by atoms with Gasteiger partial charge in [0.15, 0.2) is 0 Å². The Balaban J connectivity index is 1.11. The summed E-state index contributed by atoms with van der Waals surface area (Å²) in [6, 6.07) is 61.5. The van der Waals surface area contributed by atoms with Crippen molar-refractivity contribution < 1.29 is 0 Å². The van der Waals surface area contributed by atoms with E-state index < -0.39 is 0 Å². The maximum Gasteiger partial charge on any atom is 0.0972 e. The molecule has 0 fully saturated rings. The van der Waals surface area contributed by atoms with E-state index in [9.17, 15) is 0 Å². The molecule has 242 valence electrons. The van der Waals surface area contributed by atoms with Gasteiger partial charge in [-0.25, -0.2) is 9.97 Å². The second kappa shape index (κ2) is 11.7. The lowest BCUT2D eigenvalue weighted by Crippen LogP contribution is -1.92. The number of thiophene rings is 2. The van der Waals surface area contributed by atoms with Crippen molar-refractivity contribution >= 4 is 84.8 Å². The lowest BCUT2D eigenvalue weighted by molar-refractivity contribution is 1.36. The zero-order valence-corrected chi connectivity index (χ0v) is 29.5. The predicted molar refractivity (Wildman–Crippen MR) is 225 cm³/mol. The summed E-state index contributed by atoms with van der Waals surface area (Å²) in [5.41, 5.74) is 10.6. The first-order valence-corrected chi connectivity index (χ1v) is 19.1. The van der Waals surface area contributed by atoms with E-state index in [-0.39, 0.29) is 0 Å². The van der Waals surface area contributed by atoms with Crippen molar-refractivity contribution in [1.82, 2.24) is 9.97 Å². The quantitative estimate of drug-likeness (QED) is 0.171. The molecule has 0 spiro atoms. The monoisotopic (exact) mass is 696 g/mol. The molecule has 4 heteroatoms. The van der Waals surface area contributed by atoms with Gasteiger partial charge in [-0.15, -0.1) is 22.7 Å². The molecule has 0 aliphatic carbocycles. The van der Waals surface area contributed by atoms with E-state index >= 15 is 0 Å². The summed E-state index contributed by atoms with van der Waals surface area (Å²) in [6.07, 6.45) is 0. The van der Waals surface area contributed by atoms with Crippen LogP contribution in [0.3, 0.4) is 0 Å². The molecule has 0 aliphatic heterocycles. The number of benzene rings is 7. The third kappa shape index (κ3) is 4.84. The fourth-order valence-corrected chi connectivity index (χ4v) is 9.91. The molecule has 2 nitrogen and oxygen atoms in total. The molecule has 11 rings (SSSR count). The summed E-state index contributed by atoms with van der Waals surface area (Å²) in [7, 11) is 0. The fraction of sp³-hybridized carbons (Fsp3) is 0. The van der Waals surface area contributed by atoms with Crippen molar-refractivity contribution in [3.8, 4) is 44.8 Å². The first-order valence-electron chi connectivity index (χ1n) is 17.5. The Hall–Kier alpha value is -6.20. The van der Waals surface area contributed by atoms with E-state index in [1.165, 1.54) is 62.6 Å². The molecular weight excluding hydrogens is 669 g/mol. The molecule has 0 N–H and O–H groups in total. The van der Waals surface area contributed by atoms with Gasteiger partial charge in [-0.05, 0) is 76.9 Å². The predicted octanol–water partition coefficient (Wildman–Crippen LogP) is 14.2. The van der Waals surface area contributed by atoms with Crippen LogP contribution in [0.4, 0.5) is 0 Å². The SMILES string of the molecule is c1ccc(-c2ccc3ccc4ccc(-c5cc(-c6ccc7c(c6)sc6ccccc67)cc(-c6ccc7c(c6)sc6ccccc67)c5)nc4c3n2)cc1. The van der Waals surface area contributed by atoms with E-state index in [0.717, 1.165) is 44.3 Å². The van der Waals surface area contributed by atoms with Crippen molar-refractivity contribution in [1.29, 1.82) is 0 Å². The molecule has 0 radical (unpaired) electrons. The lowest BCUT2D eigenvalue weighted by Gasteiger charge is -2.13. The number of pyridine rings is 2. The van der Waals surface area contributed by atoms with Crippen LogP contribution in [0.25, 0.3) is 107 Å². The van der Waals surface area contributed by atoms with E-state index in [0.29, 0.717) is 0 Å². The van der Waals surface area contributed by atoms with Gasteiger partial charge in [0.1, 0.15) is 0 Å². The Kier molecular flexibility index (Phi) is 6.63. The molecule has 4 heterocycles. The highest BCUT2D eigenvalue weighted by Gasteiger charge is 2.14. The summed E-state index contributed by atoms with van der Waals surface area (Å²) in [6.45, 7) is 0. The normalized spacial score (nSPS) is 11.8. The number of aromatic nitrogens is 2. The first-order chi connectivity index (χ1) is 25.7. The van der Waals surface area contributed by atoms with Gasteiger partial charge in [0.25, 0.3) is 0 Å². The van der Waals surface area contributed by atoms with Crippen LogP contribution in [0, 0.1) is 0 Å². The number of hydrogen-bond acceptors (Lipinski definition) is 4. The largest absolute Gasteiger partial charge is 0.245 e. The van der Waals surface area contributed by atoms with Gasteiger partial charge in [0.05, 0.1) is 22.4 Å². The van der Waals surface area contributed by atoms with Gasteiger partial charge in [-0.2, -0.15) is 0 Å². The van der Waals surface area contributed by atoms with Crippen LogP contribution in [0.15, 0.2) is 170 Å². The van der Waals surface area contributed by atoms with Crippen LogP contribution in [0.5, 0.6) is 0 Å². The summed E-state index contributed by atoms with van der Waals surface area (Å²) >= 11 is 3.72. The average Bonchev–Trinajstić information content (AvgIpc) is 3.78. The molecular formula is C48H28N2S2. The second-order valence-corrected chi connectivity index (χ2v) is 15.6. The zero-order valence-electron chi connectivity index (χ0n) is 27.9. The van der Waals surface area contributed by atoms with E-state index in [4.69, 9.17) is 9.97 Å². The fourth-order valence-electron chi connectivity index (χ4n) is 7.62. The number of rotatable bonds is 4. The topological polar surface area (TPSA) is 25.8 Å². The highest BCUT2D eigenvalue weighted by molar-refractivity contribution is 7.26. The van der Waals surface area contributed by atoms with E-state index in [1.807, 2.05) is 28.7 Å². The second-order valence-electron chi connectivity index (χ2n) is 13.4. The molecule has 0 bridgehead atoms. The molecule has 0 atom stereocenters. The summed E-state index contributed by atoms with van der Waals surface area (Å²) in [4.78, 5) is 10.5. The minimum Gasteiger partial charge on any atom is -0.245 e. The molecule has 0 saturated carbocycles. The summed E-state index contributed by atoms with van der Waals surface area (Å²) in [5.74, 6) is 0. The maximum atomic E-state index is 5.38. The minimum atomic E-state index is 0.915. The van der Waals surface area contributed by atoms with Crippen molar-refractivity contribution in [3.05, 3.63) is 170 Å². The average molecular weight is 697 g/mol. The highest BCUT2D eigenvalue weighted by atomic mass is 32.1. The third-order valence-electron chi connectivity index (χ3n) is 10.2. The molecule has 0 amide bonds. The van der Waals surface area contributed by atoms with E-state index in [2.05, 4.69) is 164 Å². The molecule has 0 saturated heterocycles. The smallest absolute Gasteiger partial charge is 0.0972 e. The van der Waals surface area contributed by atoms with Crippen LogP contribution >= 0.6 is 22.7 Å². The van der Waals surface area contributed by atoms with Crippen molar-refractivity contribution in [2.24, 2.45) is 0 Å². The molecule has 0 aliphatic rings. The van der Waals surface area contributed by atoms with Crippen LogP contribution < -0.4 is 0 Å². The van der Waals surface area contributed by atoms with Crippen molar-refractivity contribution in [3.63, 3.8) is 0 Å². The van der Waals surface area contributed by atoms with Gasteiger partial charge in [0.2, 0.25) is 0 Å². The highest BCUT2D eigenvalue weighted by Crippen LogP contribution is 2.41. The first kappa shape index (κ1) is 29.5. The van der Waals surface area contributed by atoms with Crippen molar-refractivity contribution in [2.75, 3.05) is 0 Å². The summed E-state index contributed by atoms with van der Waals surface area (Å²) in [5, 5.41) is 7.41. The van der Waals surface area contributed by atoms with Gasteiger partial charge < -0.3 is 0 Å². The zero-order chi connectivity index (χ0) is 34.2.